The molecule has 12 heavy (non-hydrogen) atoms. The molecule has 0 aliphatic carbocycles. The highest BCUT2D eigenvalue weighted by atomic mass is 35.5. The normalized spacial score (nSPS) is 17.1. The first kappa shape index (κ1) is 12.6. The van der Waals surface area contributed by atoms with Gasteiger partial charge in [0.2, 0.25) is 0 Å². The van der Waals surface area contributed by atoms with Crippen LogP contribution in [0.1, 0.15) is 13.3 Å². The van der Waals surface area contributed by atoms with E-state index in [4.69, 9.17) is 51.5 Å². The first-order valence-corrected chi connectivity index (χ1v) is 4.78. The van der Waals surface area contributed by atoms with E-state index in [1.54, 1.807) is 6.92 Å². The maximum Gasteiger partial charge on any atom is 0.306 e. The van der Waals surface area contributed by atoms with Crippen molar-refractivity contribution in [2.45, 2.75) is 28.4 Å². The second-order valence-corrected chi connectivity index (χ2v) is 5.11. The van der Waals surface area contributed by atoms with Gasteiger partial charge in [0, 0.05) is 0 Å². The third kappa shape index (κ3) is 4.04. The van der Waals surface area contributed by atoms with Crippen LogP contribution in [0, 0.1) is 0 Å². The number of alkyl halides is 4. The van der Waals surface area contributed by atoms with Crippen molar-refractivity contribution in [2.24, 2.45) is 0 Å². The average molecular weight is 254 g/mol. The summed E-state index contributed by atoms with van der Waals surface area (Å²) in [7, 11) is 0. The van der Waals surface area contributed by atoms with Crippen LogP contribution in [0.25, 0.3) is 0 Å². The molecule has 1 N–H and O–H groups in total. The van der Waals surface area contributed by atoms with E-state index in [0.717, 1.165) is 0 Å². The fourth-order valence-electron chi connectivity index (χ4n) is 0.635. The van der Waals surface area contributed by atoms with Gasteiger partial charge in [-0.25, -0.2) is 0 Å². The Hall–Kier alpha value is 0.630. The lowest BCUT2D eigenvalue weighted by molar-refractivity contribution is -0.137. The van der Waals surface area contributed by atoms with Crippen LogP contribution in [0.5, 0.6) is 0 Å². The molecule has 0 spiro atoms. The molecule has 0 bridgehead atoms. The van der Waals surface area contributed by atoms with Crippen molar-refractivity contribution in [1.82, 2.24) is 0 Å². The Labute approximate surface area is 90.7 Å². The molecule has 0 aromatic carbocycles. The number of carboxylic acids is 1. The van der Waals surface area contributed by atoms with E-state index in [2.05, 4.69) is 0 Å². The van der Waals surface area contributed by atoms with E-state index in [-0.39, 0.29) is 0 Å². The van der Waals surface area contributed by atoms with Crippen molar-refractivity contribution in [1.29, 1.82) is 0 Å². The molecule has 0 aliphatic rings. The Bertz CT molecular complexity index is 169. The molecule has 6 heteroatoms. The van der Waals surface area contributed by atoms with Gasteiger partial charge in [0.05, 0.1) is 17.2 Å². The van der Waals surface area contributed by atoms with E-state index in [0.29, 0.717) is 0 Å². The average Bonchev–Trinajstić information content (AvgIpc) is 1.82. The number of halogens is 4. The predicted octanol–water partition coefficient (Wildman–Crippen LogP) is 2.87. The van der Waals surface area contributed by atoms with Gasteiger partial charge >= 0.3 is 5.97 Å². The Morgan fingerprint density at radius 3 is 2.17 bits per heavy atom. The van der Waals surface area contributed by atoms with Gasteiger partial charge in [0.25, 0.3) is 0 Å². The Morgan fingerprint density at radius 2 is 1.92 bits per heavy atom. The number of rotatable bonds is 4. The molecule has 0 rings (SSSR count). The largest absolute Gasteiger partial charge is 0.481 e. The zero-order valence-corrected chi connectivity index (χ0v) is 9.25. The molecule has 72 valence electrons. The summed E-state index contributed by atoms with van der Waals surface area (Å²) < 4.78 is -1.52. The van der Waals surface area contributed by atoms with Gasteiger partial charge in [0.1, 0.15) is 4.33 Å². The summed E-state index contributed by atoms with van der Waals surface area (Å²) in [5, 5.41) is 7.13. The molecule has 0 aromatic rings. The van der Waals surface area contributed by atoms with E-state index in [1.807, 2.05) is 0 Å². The predicted molar refractivity (Wildman–Crippen MR) is 51.6 cm³/mol. The van der Waals surface area contributed by atoms with Crippen LogP contribution in [0.2, 0.25) is 0 Å². The van der Waals surface area contributed by atoms with Crippen LogP contribution >= 0.6 is 46.4 Å². The van der Waals surface area contributed by atoms with Crippen LogP contribution in [0.3, 0.4) is 0 Å². The molecule has 0 aliphatic heterocycles. The zero-order chi connectivity index (χ0) is 9.94. The van der Waals surface area contributed by atoms with Crippen LogP contribution in [-0.4, -0.2) is 26.2 Å². The van der Waals surface area contributed by atoms with Crippen molar-refractivity contribution >= 4 is 52.4 Å². The topological polar surface area (TPSA) is 37.3 Å². The van der Waals surface area contributed by atoms with E-state index in [1.165, 1.54) is 0 Å². The third-order valence-electron chi connectivity index (χ3n) is 1.19. The maximum absolute atomic E-state index is 10.3. The summed E-state index contributed by atoms with van der Waals surface area (Å²) in [6, 6.07) is 0. The van der Waals surface area contributed by atoms with Gasteiger partial charge in [0.15, 0.2) is 0 Å². The van der Waals surface area contributed by atoms with Crippen molar-refractivity contribution in [2.75, 3.05) is 0 Å². The number of hydrogen-bond acceptors (Lipinski definition) is 1. The van der Waals surface area contributed by atoms with Gasteiger partial charge in [-0.15, -0.1) is 23.2 Å². The van der Waals surface area contributed by atoms with Gasteiger partial charge in [-0.3, -0.25) is 4.79 Å². The summed E-state index contributed by atoms with van der Waals surface area (Å²) in [4.78, 5) is 10.3. The lowest BCUT2D eigenvalue weighted by atomic mass is 10.2. The second kappa shape index (κ2) is 4.75. The summed E-state index contributed by atoms with van der Waals surface area (Å²) in [6.45, 7) is 1.60. The minimum absolute atomic E-state index is 0.429. The lowest BCUT2D eigenvalue weighted by Crippen LogP contribution is -2.34. The first-order chi connectivity index (χ1) is 5.27. The second-order valence-electron chi connectivity index (χ2n) is 2.41. The van der Waals surface area contributed by atoms with Crippen LogP contribution in [-0.2, 0) is 4.79 Å². The number of carbonyl (C=O) groups is 1. The minimum Gasteiger partial charge on any atom is -0.481 e. The molecule has 2 unspecified atom stereocenters. The number of carboxylic acid groups (broad SMARTS) is 1. The van der Waals surface area contributed by atoms with Crippen molar-refractivity contribution in [3.8, 4) is 0 Å². The Morgan fingerprint density at radius 1 is 1.50 bits per heavy atom. The standard InChI is InChI=1S/C6H8Cl4O2/c1-3(7)5(8)6(9,10)2-4(11)12/h3,5H,2H2,1H3,(H,11,12). The van der Waals surface area contributed by atoms with Crippen molar-refractivity contribution in [3.05, 3.63) is 0 Å². The fourth-order valence-corrected chi connectivity index (χ4v) is 1.66. The molecule has 0 heterocycles. The summed E-state index contributed by atoms with van der Waals surface area (Å²) in [6.07, 6.45) is -0.429. The molecular formula is C6H8Cl4O2. The smallest absolute Gasteiger partial charge is 0.306 e. The summed E-state index contributed by atoms with van der Waals surface area (Å²) >= 11 is 22.6. The molecule has 0 aromatic heterocycles. The van der Waals surface area contributed by atoms with E-state index < -0.39 is 27.5 Å². The van der Waals surface area contributed by atoms with Crippen molar-refractivity contribution < 1.29 is 9.90 Å². The maximum atomic E-state index is 10.3. The van der Waals surface area contributed by atoms with Crippen LogP contribution < -0.4 is 0 Å². The molecule has 0 saturated heterocycles. The van der Waals surface area contributed by atoms with Gasteiger partial charge in [-0.05, 0) is 6.92 Å². The van der Waals surface area contributed by atoms with Crippen molar-refractivity contribution in [3.63, 3.8) is 0 Å². The summed E-state index contributed by atoms with van der Waals surface area (Å²) in [5.74, 6) is -1.11. The SMILES string of the molecule is CC(Cl)C(Cl)C(Cl)(Cl)CC(=O)O. The molecule has 2 atom stereocenters. The molecule has 0 amide bonds. The highest BCUT2D eigenvalue weighted by Gasteiger charge is 2.38. The van der Waals surface area contributed by atoms with E-state index >= 15 is 0 Å². The minimum atomic E-state index is -1.52. The third-order valence-corrected chi connectivity index (χ3v) is 3.29. The van der Waals surface area contributed by atoms with Crippen LogP contribution in [0.4, 0.5) is 0 Å². The molecular weight excluding hydrogens is 246 g/mol. The zero-order valence-electron chi connectivity index (χ0n) is 6.23. The molecule has 0 radical (unpaired) electrons. The quantitative estimate of drug-likeness (QED) is 0.783. The van der Waals surface area contributed by atoms with Crippen LogP contribution in [0.15, 0.2) is 0 Å². The fraction of sp³-hybridized carbons (Fsp3) is 0.833. The molecule has 0 saturated carbocycles. The highest BCUT2D eigenvalue weighted by molar-refractivity contribution is 6.54. The Balaban J connectivity index is 4.28. The molecule has 2 nitrogen and oxygen atoms in total. The monoisotopic (exact) mass is 252 g/mol. The van der Waals surface area contributed by atoms with Gasteiger partial charge in [-0.1, -0.05) is 23.2 Å². The number of hydrogen-bond donors (Lipinski definition) is 1. The first-order valence-electron chi connectivity index (χ1n) is 3.15. The van der Waals surface area contributed by atoms with Gasteiger partial charge in [-0.2, -0.15) is 0 Å². The molecule has 0 fully saturated rings. The summed E-state index contributed by atoms with van der Waals surface area (Å²) in [5.41, 5.74) is 0. The number of aliphatic carboxylic acids is 1. The lowest BCUT2D eigenvalue weighted by Gasteiger charge is -2.24. The van der Waals surface area contributed by atoms with E-state index in [9.17, 15) is 4.79 Å². The Kier molecular flexibility index (Phi) is 5.00. The highest BCUT2D eigenvalue weighted by Crippen LogP contribution is 2.36. The van der Waals surface area contributed by atoms with Gasteiger partial charge < -0.3 is 5.11 Å².